The summed E-state index contributed by atoms with van der Waals surface area (Å²) >= 11 is 0. The van der Waals surface area contributed by atoms with Crippen LogP contribution in [0.5, 0.6) is 0 Å². The van der Waals surface area contributed by atoms with Gasteiger partial charge in [0.1, 0.15) is 5.84 Å². The Morgan fingerprint density at radius 3 is 2.50 bits per heavy atom. The van der Waals surface area contributed by atoms with E-state index in [1.165, 1.54) is 12.8 Å². The Labute approximate surface area is 98.0 Å². The first kappa shape index (κ1) is 15.2. The molecule has 96 valence electrons. The Balaban J connectivity index is 2.99. The van der Waals surface area contributed by atoms with E-state index in [0.29, 0.717) is 12.3 Å². The lowest BCUT2D eigenvalue weighted by atomic mass is 10.2. The van der Waals surface area contributed by atoms with Crippen LogP contribution in [0.2, 0.25) is 0 Å². The molecule has 0 spiro atoms. The average Bonchev–Trinajstić information content (AvgIpc) is 2.31. The third-order valence-electron chi connectivity index (χ3n) is 2.37. The van der Waals surface area contributed by atoms with Gasteiger partial charge in [-0.05, 0) is 45.2 Å². The minimum absolute atomic E-state index is 0.319. The highest BCUT2D eigenvalue weighted by atomic mass is 16.5. The van der Waals surface area contributed by atoms with Crippen LogP contribution < -0.4 is 11.1 Å². The molecule has 0 aromatic carbocycles. The molecular weight excluding hydrogens is 206 g/mol. The first-order valence-electron chi connectivity index (χ1n) is 5.97. The molecule has 0 unspecified atom stereocenters. The fraction of sp³-hybridized carbons (Fsp3) is 0.909. The zero-order valence-electron chi connectivity index (χ0n) is 10.2. The molecule has 0 aliphatic rings. The van der Waals surface area contributed by atoms with Crippen molar-refractivity contribution < 1.29 is 9.94 Å². The molecule has 0 radical (unpaired) electrons. The van der Waals surface area contributed by atoms with Crippen LogP contribution in [0.25, 0.3) is 0 Å². The summed E-state index contributed by atoms with van der Waals surface area (Å²) in [5, 5.41) is 14.6. The molecular formula is C11H25N3O2. The number of amidine groups is 1. The minimum Gasteiger partial charge on any atom is -0.409 e. The first-order valence-corrected chi connectivity index (χ1v) is 5.97. The summed E-state index contributed by atoms with van der Waals surface area (Å²) in [6, 6.07) is 0. The van der Waals surface area contributed by atoms with Gasteiger partial charge in [0.05, 0.1) is 0 Å². The SMILES string of the molecule is COCCCCCNCCCCC(N)=NO. The van der Waals surface area contributed by atoms with Gasteiger partial charge in [-0.25, -0.2) is 0 Å². The van der Waals surface area contributed by atoms with E-state index in [1.54, 1.807) is 7.11 Å². The molecule has 0 saturated heterocycles. The molecule has 5 nitrogen and oxygen atoms in total. The second-order valence-corrected chi connectivity index (χ2v) is 3.85. The molecule has 0 heterocycles. The first-order chi connectivity index (χ1) is 7.81. The molecule has 5 heteroatoms. The van der Waals surface area contributed by atoms with Crippen molar-refractivity contribution in [2.24, 2.45) is 10.9 Å². The maximum Gasteiger partial charge on any atom is 0.139 e. The molecule has 0 aliphatic heterocycles. The Hall–Kier alpha value is -0.810. The van der Waals surface area contributed by atoms with Gasteiger partial charge in [0.25, 0.3) is 0 Å². The summed E-state index contributed by atoms with van der Waals surface area (Å²) in [5.41, 5.74) is 5.35. The number of nitrogens with two attached hydrogens (primary N) is 1. The Bertz CT molecular complexity index is 175. The smallest absolute Gasteiger partial charge is 0.139 e. The lowest BCUT2D eigenvalue weighted by Gasteiger charge is -2.04. The van der Waals surface area contributed by atoms with Crippen molar-refractivity contribution in [2.45, 2.75) is 38.5 Å². The molecule has 0 aromatic heterocycles. The quantitative estimate of drug-likeness (QED) is 0.165. The molecule has 4 N–H and O–H groups in total. The Morgan fingerprint density at radius 1 is 1.19 bits per heavy atom. The highest BCUT2D eigenvalue weighted by molar-refractivity contribution is 5.79. The molecule has 0 atom stereocenters. The van der Waals surface area contributed by atoms with Gasteiger partial charge in [-0.2, -0.15) is 0 Å². The number of rotatable bonds is 11. The number of unbranched alkanes of at least 4 members (excludes halogenated alkanes) is 3. The third-order valence-corrected chi connectivity index (χ3v) is 2.37. The van der Waals surface area contributed by atoms with Gasteiger partial charge < -0.3 is 21.0 Å². The van der Waals surface area contributed by atoms with E-state index in [1.807, 2.05) is 0 Å². The molecule has 0 rings (SSSR count). The predicted octanol–water partition coefficient (Wildman–Crippen LogP) is 1.31. The second kappa shape index (κ2) is 12.3. The number of oxime groups is 1. The monoisotopic (exact) mass is 231 g/mol. The molecule has 16 heavy (non-hydrogen) atoms. The standard InChI is InChI=1S/C11H25N3O2/c1-16-10-6-2-4-8-13-9-5-3-7-11(12)14-15/h13,15H,2-10H2,1H3,(H2,12,14). The van der Waals surface area contributed by atoms with Crippen molar-refractivity contribution in [1.82, 2.24) is 5.32 Å². The topological polar surface area (TPSA) is 79.9 Å². The summed E-state index contributed by atoms with van der Waals surface area (Å²) in [4.78, 5) is 0. The van der Waals surface area contributed by atoms with E-state index in [-0.39, 0.29) is 0 Å². The fourth-order valence-corrected chi connectivity index (χ4v) is 1.40. The van der Waals surface area contributed by atoms with E-state index in [2.05, 4.69) is 10.5 Å². The van der Waals surface area contributed by atoms with E-state index >= 15 is 0 Å². The van der Waals surface area contributed by atoms with Gasteiger partial charge in [-0.15, -0.1) is 0 Å². The maximum atomic E-state index is 8.32. The van der Waals surface area contributed by atoms with Crippen molar-refractivity contribution in [3.8, 4) is 0 Å². The van der Waals surface area contributed by atoms with Crippen LogP contribution in [0.15, 0.2) is 5.16 Å². The Kier molecular flexibility index (Phi) is 11.6. The van der Waals surface area contributed by atoms with Crippen molar-refractivity contribution in [3.05, 3.63) is 0 Å². The summed E-state index contributed by atoms with van der Waals surface area (Å²) in [7, 11) is 1.74. The molecule has 0 amide bonds. The number of hydrogen-bond donors (Lipinski definition) is 3. The molecule has 0 aromatic rings. The van der Waals surface area contributed by atoms with Crippen molar-refractivity contribution >= 4 is 5.84 Å². The third kappa shape index (κ3) is 11.3. The van der Waals surface area contributed by atoms with Crippen LogP contribution >= 0.6 is 0 Å². The maximum absolute atomic E-state index is 8.32. The van der Waals surface area contributed by atoms with Crippen LogP contribution in [0.3, 0.4) is 0 Å². The van der Waals surface area contributed by atoms with Crippen LogP contribution in [0.4, 0.5) is 0 Å². The fourth-order valence-electron chi connectivity index (χ4n) is 1.40. The zero-order chi connectivity index (χ0) is 12.1. The molecule has 0 fully saturated rings. The highest BCUT2D eigenvalue weighted by Gasteiger charge is 1.94. The molecule has 0 bridgehead atoms. The largest absolute Gasteiger partial charge is 0.409 e. The minimum atomic E-state index is 0.319. The van der Waals surface area contributed by atoms with Gasteiger partial charge >= 0.3 is 0 Å². The second-order valence-electron chi connectivity index (χ2n) is 3.85. The van der Waals surface area contributed by atoms with Gasteiger partial charge in [0, 0.05) is 20.1 Å². The number of nitrogens with zero attached hydrogens (tertiary/aromatic N) is 1. The molecule has 0 saturated carbocycles. The number of ether oxygens (including phenoxy) is 1. The van der Waals surface area contributed by atoms with Crippen molar-refractivity contribution in [1.29, 1.82) is 0 Å². The zero-order valence-corrected chi connectivity index (χ0v) is 10.2. The van der Waals surface area contributed by atoms with Gasteiger partial charge in [0.15, 0.2) is 0 Å². The van der Waals surface area contributed by atoms with Gasteiger partial charge in [0.2, 0.25) is 0 Å². The summed E-state index contributed by atoms with van der Waals surface area (Å²) in [5.74, 6) is 0.319. The van der Waals surface area contributed by atoms with Crippen LogP contribution in [-0.4, -0.2) is 37.8 Å². The van der Waals surface area contributed by atoms with Gasteiger partial charge in [-0.1, -0.05) is 5.16 Å². The normalized spacial score (nSPS) is 11.9. The van der Waals surface area contributed by atoms with Gasteiger partial charge in [-0.3, -0.25) is 0 Å². The van der Waals surface area contributed by atoms with Crippen LogP contribution in [0, 0.1) is 0 Å². The average molecular weight is 231 g/mol. The summed E-state index contributed by atoms with van der Waals surface area (Å²) in [6.07, 6.45) is 6.25. The Morgan fingerprint density at radius 2 is 1.88 bits per heavy atom. The number of hydrogen-bond acceptors (Lipinski definition) is 4. The lowest BCUT2D eigenvalue weighted by Crippen LogP contribution is -2.18. The predicted molar refractivity (Wildman–Crippen MR) is 65.9 cm³/mol. The summed E-state index contributed by atoms with van der Waals surface area (Å²) < 4.78 is 4.97. The number of methoxy groups -OCH3 is 1. The van der Waals surface area contributed by atoms with Crippen molar-refractivity contribution in [2.75, 3.05) is 26.8 Å². The lowest BCUT2D eigenvalue weighted by molar-refractivity contribution is 0.192. The number of nitrogens with one attached hydrogen (secondary N) is 1. The summed E-state index contributed by atoms with van der Waals surface area (Å²) in [6.45, 7) is 2.93. The van der Waals surface area contributed by atoms with Crippen LogP contribution in [-0.2, 0) is 4.74 Å². The van der Waals surface area contributed by atoms with Crippen molar-refractivity contribution in [3.63, 3.8) is 0 Å². The van der Waals surface area contributed by atoms with E-state index in [0.717, 1.165) is 39.0 Å². The van der Waals surface area contributed by atoms with E-state index in [9.17, 15) is 0 Å². The highest BCUT2D eigenvalue weighted by Crippen LogP contribution is 1.96. The molecule has 0 aliphatic carbocycles. The van der Waals surface area contributed by atoms with E-state index < -0.39 is 0 Å². The van der Waals surface area contributed by atoms with Crippen LogP contribution in [0.1, 0.15) is 38.5 Å². The van der Waals surface area contributed by atoms with E-state index in [4.69, 9.17) is 15.7 Å².